The molecule has 0 unspecified atom stereocenters. The van der Waals surface area contributed by atoms with Crippen LogP contribution in [0.2, 0.25) is 5.02 Å². The van der Waals surface area contributed by atoms with Gasteiger partial charge in [-0.3, -0.25) is 0 Å². The second-order valence-electron chi connectivity index (χ2n) is 5.80. The predicted octanol–water partition coefficient (Wildman–Crippen LogP) is 3.54. The maximum atomic E-state index is 12.3. The molecule has 0 aliphatic carbocycles. The van der Waals surface area contributed by atoms with E-state index >= 15 is 0 Å². The quantitative estimate of drug-likeness (QED) is 0.667. The zero-order valence-corrected chi connectivity index (χ0v) is 16.7. The lowest BCUT2D eigenvalue weighted by atomic mass is 10.2. The van der Waals surface area contributed by atoms with Gasteiger partial charge < -0.3 is 9.64 Å². The van der Waals surface area contributed by atoms with Crippen molar-refractivity contribution in [1.29, 1.82) is 0 Å². The summed E-state index contributed by atoms with van der Waals surface area (Å²) in [7, 11) is -3.59. The molecule has 0 bridgehead atoms. The Bertz CT molecular complexity index is 791. The number of likely N-dealkylation sites (N-methyl/N-ethyl adjacent to an activating group) is 1. The smallest absolute Gasteiger partial charge is 0.240 e. The van der Waals surface area contributed by atoms with Crippen molar-refractivity contribution >= 4 is 21.6 Å². The van der Waals surface area contributed by atoms with Crippen molar-refractivity contribution in [3.05, 3.63) is 59.1 Å². The third-order valence-electron chi connectivity index (χ3n) is 4.07. The fraction of sp³-hybridized carbons (Fsp3) is 0.368. The number of ether oxygens (including phenoxy) is 1. The summed E-state index contributed by atoms with van der Waals surface area (Å²) in [6, 6.07) is 13.6. The molecule has 2 rings (SSSR count). The van der Waals surface area contributed by atoms with Crippen LogP contribution in [0.5, 0.6) is 5.75 Å². The lowest BCUT2D eigenvalue weighted by molar-refractivity contribution is 0.223. The van der Waals surface area contributed by atoms with Crippen LogP contribution in [0.3, 0.4) is 0 Å². The number of sulfonamides is 1. The van der Waals surface area contributed by atoms with Gasteiger partial charge in [-0.05, 0) is 49.0 Å². The van der Waals surface area contributed by atoms with Crippen molar-refractivity contribution in [2.24, 2.45) is 0 Å². The normalized spacial score (nSPS) is 11.7. The van der Waals surface area contributed by atoms with E-state index in [2.05, 4.69) is 23.5 Å². The van der Waals surface area contributed by atoms with E-state index in [0.717, 1.165) is 30.9 Å². The van der Waals surface area contributed by atoms with Crippen LogP contribution in [-0.4, -0.2) is 39.6 Å². The topological polar surface area (TPSA) is 58.6 Å². The van der Waals surface area contributed by atoms with Crippen molar-refractivity contribution in [2.45, 2.75) is 25.3 Å². The van der Waals surface area contributed by atoms with Gasteiger partial charge in [0, 0.05) is 18.1 Å². The van der Waals surface area contributed by atoms with Crippen LogP contribution in [0.25, 0.3) is 0 Å². The fourth-order valence-corrected chi connectivity index (χ4v) is 3.75. The standard InChI is InChI=1S/C19H25ClN2O3S/c1-3-22(4-2)12-13-25-18-10-8-16(9-11-18)15-21-26(23,24)19-7-5-6-17(20)14-19/h5-11,14,21H,3-4,12-13,15H2,1-2H3. The van der Waals surface area contributed by atoms with Gasteiger partial charge in [0.2, 0.25) is 10.0 Å². The Hall–Kier alpha value is -1.60. The molecule has 0 heterocycles. The van der Waals surface area contributed by atoms with E-state index in [1.165, 1.54) is 12.1 Å². The molecule has 142 valence electrons. The first-order valence-electron chi connectivity index (χ1n) is 8.64. The van der Waals surface area contributed by atoms with Crippen molar-refractivity contribution in [1.82, 2.24) is 9.62 Å². The molecular weight excluding hydrogens is 372 g/mol. The molecule has 2 aromatic rings. The molecule has 7 heteroatoms. The highest BCUT2D eigenvalue weighted by atomic mass is 35.5. The highest BCUT2D eigenvalue weighted by molar-refractivity contribution is 7.89. The van der Waals surface area contributed by atoms with Crippen LogP contribution in [0.1, 0.15) is 19.4 Å². The molecule has 0 saturated carbocycles. The first-order chi connectivity index (χ1) is 12.4. The summed E-state index contributed by atoms with van der Waals surface area (Å²) in [6.07, 6.45) is 0. The minimum atomic E-state index is -3.59. The Morgan fingerprint density at radius 1 is 1.08 bits per heavy atom. The van der Waals surface area contributed by atoms with Crippen LogP contribution >= 0.6 is 11.6 Å². The van der Waals surface area contributed by atoms with Gasteiger partial charge >= 0.3 is 0 Å². The summed E-state index contributed by atoms with van der Waals surface area (Å²) in [4.78, 5) is 2.44. The molecule has 0 amide bonds. The summed E-state index contributed by atoms with van der Waals surface area (Å²) < 4.78 is 32.9. The van der Waals surface area contributed by atoms with Crippen LogP contribution in [0.15, 0.2) is 53.4 Å². The molecule has 0 aromatic heterocycles. The molecule has 2 aromatic carbocycles. The van der Waals surface area contributed by atoms with Gasteiger partial charge in [0.15, 0.2) is 0 Å². The second-order valence-corrected chi connectivity index (χ2v) is 8.00. The molecule has 1 N–H and O–H groups in total. The number of rotatable bonds is 10. The fourth-order valence-electron chi connectivity index (χ4n) is 2.43. The number of halogens is 1. The SMILES string of the molecule is CCN(CC)CCOc1ccc(CNS(=O)(=O)c2cccc(Cl)c2)cc1. The third-order valence-corrected chi connectivity index (χ3v) is 5.70. The van der Waals surface area contributed by atoms with Crippen LogP contribution < -0.4 is 9.46 Å². The number of hydrogen-bond acceptors (Lipinski definition) is 4. The Morgan fingerprint density at radius 2 is 1.77 bits per heavy atom. The minimum Gasteiger partial charge on any atom is -0.492 e. The van der Waals surface area contributed by atoms with Crippen molar-refractivity contribution in [2.75, 3.05) is 26.2 Å². The molecule has 26 heavy (non-hydrogen) atoms. The Morgan fingerprint density at radius 3 is 2.38 bits per heavy atom. The summed E-state index contributed by atoms with van der Waals surface area (Å²) >= 11 is 5.86. The van der Waals surface area contributed by atoms with Gasteiger partial charge in [-0.25, -0.2) is 13.1 Å². The highest BCUT2D eigenvalue weighted by Crippen LogP contribution is 2.16. The molecular formula is C19H25ClN2O3S. The zero-order valence-electron chi connectivity index (χ0n) is 15.1. The molecule has 0 fully saturated rings. The van der Waals surface area contributed by atoms with E-state index in [0.29, 0.717) is 11.6 Å². The molecule has 0 aliphatic heterocycles. The molecule has 0 radical (unpaired) electrons. The summed E-state index contributed by atoms with van der Waals surface area (Å²) in [5, 5.41) is 0.388. The lowest BCUT2D eigenvalue weighted by Crippen LogP contribution is -2.27. The van der Waals surface area contributed by atoms with E-state index in [1.807, 2.05) is 24.3 Å². The lowest BCUT2D eigenvalue weighted by Gasteiger charge is -2.18. The number of nitrogens with one attached hydrogen (secondary N) is 1. The Kier molecular flexibility index (Phi) is 7.90. The van der Waals surface area contributed by atoms with Gasteiger partial charge in [0.05, 0.1) is 4.90 Å². The van der Waals surface area contributed by atoms with E-state index in [1.54, 1.807) is 12.1 Å². The van der Waals surface area contributed by atoms with E-state index < -0.39 is 10.0 Å². The molecule has 0 atom stereocenters. The average Bonchev–Trinajstić information content (AvgIpc) is 2.65. The largest absolute Gasteiger partial charge is 0.492 e. The minimum absolute atomic E-state index is 0.154. The number of benzene rings is 2. The average molecular weight is 397 g/mol. The molecule has 0 saturated heterocycles. The van der Waals surface area contributed by atoms with Crippen molar-refractivity contribution < 1.29 is 13.2 Å². The molecule has 0 aliphatic rings. The Labute approximate surface area is 161 Å². The van der Waals surface area contributed by atoms with Crippen LogP contribution in [0, 0.1) is 0 Å². The third kappa shape index (κ3) is 6.29. The molecule has 0 spiro atoms. The van der Waals surface area contributed by atoms with Crippen molar-refractivity contribution in [3.8, 4) is 5.75 Å². The van der Waals surface area contributed by atoms with Gasteiger partial charge in [-0.2, -0.15) is 0 Å². The van der Waals surface area contributed by atoms with Gasteiger partial charge in [0.25, 0.3) is 0 Å². The maximum Gasteiger partial charge on any atom is 0.240 e. The van der Waals surface area contributed by atoms with Crippen molar-refractivity contribution in [3.63, 3.8) is 0 Å². The van der Waals surface area contributed by atoms with E-state index in [-0.39, 0.29) is 11.4 Å². The second kappa shape index (κ2) is 9.92. The maximum absolute atomic E-state index is 12.3. The van der Waals surface area contributed by atoms with E-state index in [4.69, 9.17) is 16.3 Å². The zero-order chi connectivity index (χ0) is 19.0. The monoisotopic (exact) mass is 396 g/mol. The summed E-state index contributed by atoms with van der Waals surface area (Å²) in [6.45, 7) is 7.98. The molecule has 5 nitrogen and oxygen atoms in total. The van der Waals surface area contributed by atoms with E-state index in [9.17, 15) is 8.42 Å². The predicted molar refractivity (Wildman–Crippen MR) is 105 cm³/mol. The van der Waals surface area contributed by atoms with Gasteiger partial charge in [0.1, 0.15) is 12.4 Å². The van der Waals surface area contributed by atoms with Gasteiger partial charge in [-0.15, -0.1) is 0 Å². The van der Waals surface area contributed by atoms with Gasteiger partial charge in [-0.1, -0.05) is 43.6 Å². The Balaban J connectivity index is 1.87. The highest BCUT2D eigenvalue weighted by Gasteiger charge is 2.13. The van der Waals surface area contributed by atoms with Crippen LogP contribution in [-0.2, 0) is 16.6 Å². The summed E-state index contributed by atoms with van der Waals surface area (Å²) in [5.74, 6) is 0.776. The first-order valence-corrected chi connectivity index (χ1v) is 10.5. The summed E-state index contributed by atoms with van der Waals surface area (Å²) in [5.41, 5.74) is 0.853. The first kappa shape index (κ1) is 20.7. The number of nitrogens with zero attached hydrogens (tertiary/aromatic N) is 1. The van der Waals surface area contributed by atoms with Crippen LogP contribution in [0.4, 0.5) is 0 Å². The number of hydrogen-bond donors (Lipinski definition) is 1.